The number of piperidine rings is 1. The SMILES string of the molecule is Nc1ccc(C(=O)Nc2cc(F)c(F)c(F)c2)cc1S(=O)(=O)N1CCC(O)CC1. The molecule has 0 spiro atoms. The summed E-state index contributed by atoms with van der Waals surface area (Å²) in [4.78, 5) is 12.1. The van der Waals surface area contributed by atoms with Gasteiger partial charge in [-0.15, -0.1) is 0 Å². The molecule has 11 heteroatoms. The number of nitrogens with zero attached hydrogens (tertiary/aromatic N) is 1. The van der Waals surface area contributed by atoms with Crippen LogP contribution in [0, 0.1) is 17.5 Å². The van der Waals surface area contributed by atoms with Gasteiger partial charge in [-0.1, -0.05) is 0 Å². The third kappa shape index (κ3) is 4.36. The van der Waals surface area contributed by atoms with Crippen LogP contribution in [0.4, 0.5) is 24.5 Å². The fourth-order valence-corrected chi connectivity index (χ4v) is 4.56. The number of carbonyl (C=O) groups is 1. The van der Waals surface area contributed by atoms with Crippen molar-refractivity contribution in [2.75, 3.05) is 24.1 Å². The third-order valence-corrected chi connectivity index (χ3v) is 6.51. The Hall–Kier alpha value is -2.63. The minimum Gasteiger partial charge on any atom is -0.398 e. The van der Waals surface area contributed by atoms with E-state index in [2.05, 4.69) is 5.32 Å². The van der Waals surface area contributed by atoms with Gasteiger partial charge < -0.3 is 16.2 Å². The second-order valence-electron chi connectivity index (χ2n) is 6.60. The van der Waals surface area contributed by atoms with E-state index in [0.717, 1.165) is 10.4 Å². The van der Waals surface area contributed by atoms with Crippen LogP contribution in [0.15, 0.2) is 35.2 Å². The number of amides is 1. The summed E-state index contributed by atoms with van der Waals surface area (Å²) in [5.41, 5.74) is 5.25. The largest absolute Gasteiger partial charge is 0.398 e. The van der Waals surface area contributed by atoms with E-state index in [1.165, 1.54) is 12.1 Å². The molecule has 1 saturated heterocycles. The topological polar surface area (TPSA) is 113 Å². The summed E-state index contributed by atoms with van der Waals surface area (Å²) in [5, 5.41) is 11.7. The first-order valence-electron chi connectivity index (χ1n) is 8.63. The van der Waals surface area contributed by atoms with Crippen LogP contribution in [-0.2, 0) is 10.0 Å². The Morgan fingerprint density at radius 3 is 2.28 bits per heavy atom. The quantitative estimate of drug-likeness (QED) is 0.509. The number of carbonyl (C=O) groups excluding carboxylic acids is 1. The second-order valence-corrected chi connectivity index (χ2v) is 8.50. The first kappa shape index (κ1) is 21.1. The highest BCUT2D eigenvalue weighted by atomic mass is 32.2. The number of aliphatic hydroxyl groups excluding tert-OH is 1. The van der Waals surface area contributed by atoms with Gasteiger partial charge in [0.05, 0.1) is 11.8 Å². The number of nitrogen functional groups attached to an aromatic ring is 1. The Bertz CT molecular complexity index is 1030. The maximum absolute atomic E-state index is 13.3. The number of benzene rings is 2. The Balaban J connectivity index is 1.87. The summed E-state index contributed by atoms with van der Waals surface area (Å²) in [5.74, 6) is -5.49. The molecule has 1 aliphatic rings. The normalized spacial score (nSPS) is 16.0. The van der Waals surface area contributed by atoms with Gasteiger partial charge in [-0.2, -0.15) is 4.31 Å². The molecule has 0 unspecified atom stereocenters. The molecule has 0 bridgehead atoms. The van der Waals surface area contributed by atoms with Gasteiger partial charge >= 0.3 is 0 Å². The molecular weight excluding hydrogens is 411 g/mol. The molecular formula is C18H18F3N3O4S. The maximum atomic E-state index is 13.3. The highest BCUT2D eigenvalue weighted by molar-refractivity contribution is 7.89. The van der Waals surface area contributed by atoms with Crippen LogP contribution in [0.3, 0.4) is 0 Å². The highest BCUT2D eigenvalue weighted by Crippen LogP contribution is 2.27. The Morgan fingerprint density at radius 2 is 1.69 bits per heavy atom. The lowest BCUT2D eigenvalue weighted by Crippen LogP contribution is -2.40. The fourth-order valence-electron chi connectivity index (χ4n) is 2.95. The summed E-state index contributed by atoms with van der Waals surface area (Å²) >= 11 is 0. The zero-order valence-electron chi connectivity index (χ0n) is 15.0. The minimum absolute atomic E-state index is 0.0773. The Morgan fingerprint density at radius 1 is 1.10 bits per heavy atom. The number of anilines is 2. The van der Waals surface area contributed by atoms with Crippen molar-refractivity contribution in [3.63, 3.8) is 0 Å². The van der Waals surface area contributed by atoms with Crippen molar-refractivity contribution in [1.29, 1.82) is 0 Å². The molecule has 3 rings (SSSR count). The number of nitrogens with two attached hydrogens (primary N) is 1. The molecule has 0 aliphatic carbocycles. The van der Waals surface area contributed by atoms with Gasteiger partial charge in [0.2, 0.25) is 10.0 Å². The summed E-state index contributed by atoms with van der Waals surface area (Å²) in [6.45, 7) is 0.209. The van der Waals surface area contributed by atoms with E-state index >= 15 is 0 Å². The average Bonchev–Trinajstić information content (AvgIpc) is 2.66. The zero-order valence-corrected chi connectivity index (χ0v) is 15.8. The summed E-state index contributed by atoms with van der Waals surface area (Å²) < 4.78 is 66.6. The van der Waals surface area contributed by atoms with Crippen molar-refractivity contribution >= 4 is 27.3 Å². The molecule has 1 fully saturated rings. The molecule has 7 nitrogen and oxygen atoms in total. The molecule has 1 aliphatic heterocycles. The van der Waals surface area contributed by atoms with Gasteiger partial charge in [0, 0.05) is 36.5 Å². The zero-order chi connectivity index (χ0) is 21.3. The minimum atomic E-state index is -4.02. The summed E-state index contributed by atoms with van der Waals surface area (Å²) in [6, 6.07) is 4.74. The van der Waals surface area contributed by atoms with E-state index in [9.17, 15) is 31.5 Å². The molecule has 2 aromatic carbocycles. The van der Waals surface area contributed by atoms with Crippen molar-refractivity contribution in [3.05, 3.63) is 53.3 Å². The number of aliphatic hydroxyl groups is 1. The van der Waals surface area contributed by atoms with E-state index in [1.54, 1.807) is 0 Å². The number of halogens is 3. The van der Waals surface area contributed by atoms with E-state index in [0.29, 0.717) is 12.1 Å². The van der Waals surface area contributed by atoms with Crippen LogP contribution in [-0.4, -0.2) is 42.9 Å². The first-order valence-corrected chi connectivity index (χ1v) is 10.1. The highest BCUT2D eigenvalue weighted by Gasteiger charge is 2.30. The van der Waals surface area contributed by atoms with Crippen molar-refractivity contribution in [2.45, 2.75) is 23.8 Å². The van der Waals surface area contributed by atoms with Gasteiger partial charge in [0.1, 0.15) is 4.90 Å². The monoisotopic (exact) mass is 429 g/mol. The van der Waals surface area contributed by atoms with Crippen LogP contribution in [0.25, 0.3) is 0 Å². The van der Waals surface area contributed by atoms with E-state index in [4.69, 9.17) is 5.73 Å². The third-order valence-electron chi connectivity index (χ3n) is 4.56. The molecule has 0 aromatic heterocycles. The molecule has 29 heavy (non-hydrogen) atoms. The van der Waals surface area contributed by atoms with Gasteiger partial charge in [-0.3, -0.25) is 4.79 Å². The van der Waals surface area contributed by atoms with Crippen LogP contribution >= 0.6 is 0 Å². The lowest BCUT2D eigenvalue weighted by molar-refractivity contribution is 0.102. The van der Waals surface area contributed by atoms with E-state index in [-0.39, 0.29) is 47.8 Å². The Labute approximate surface area is 165 Å². The maximum Gasteiger partial charge on any atom is 0.255 e. The molecule has 2 aromatic rings. The van der Waals surface area contributed by atoms with Crippen LogP contribution in [0.2, 0.25) is 0 Å². The fraction of sp³-hybridized carbons (Fsp3) is 0.278. The number of nitrogens with one attached hydrogen (secondary N) is 1. The summed E-state index contributed by atoms with van der Waals surface area (Å²) in [6.07, 6.45) is -0.0189. The molecule has 0 atom stereocenters. The van der Waals surface area contributed by atoms with Gasteiger partial charge in [-0.05, 0) is 31.0 Å². The van der Waals surface area contributed by atoms with Crippen molar-refractivity contribution in [1.82, 2.24) is 4.31 Å². The second kappa shape index (κ2) is 8.01. The smallest absolute Gasteiger partial charge is 0.255 e. The Kier molecular flexibility index (Phi) is 5.82. The average molecular weight is 429 g/mol. The standard InChI is InChI=1S/C18H18F3N3O4S/c19-13-8-11(9-14(20)17(13)21)23-18(26)10-1-2-15(22)16(7-10)29(27,28)24-5-3-12(25)4-6-24/h1-2,7-9,12,25H,3-6,22H2,(H,23,26). The summed E-state index contributed by atoms with van der Waals surface area (Å²) in [7, 11) is -4.02. The predicted octanol–water partition coefficient (Wildman–Crippen LogP) is 2.08. The lowest BCUT2D eigenvalue weighted by Gasteiger charge is -2.29. The number of rotatable bonds is 4. The number of hydrogen-bond acceptors (Lipinski definition) is 5. The van der Waals surface area contributed by atoms with Gasteiger partial charge in [-0.25, -0.2) is 21.6 Å². The lowest BCUT2D eigenvalue weighted by atomic mass is 10.1. The number of hydrogen-bond donors (Lipinski definition) is 3. The predicted molar refractivity (Wildman–Crippen MR) is 99.1 cm³/mol. The van der Waals surface area contributed by atoms with E-state index < -0.39 is 39.5 Å². The van der Waals surface area contributed by atoms with Gasteiger partial charge in [0.15, 0.2) is 17.5 Å². The van der Waals surface area contributed by atoms with E-state index in [1.807, 2.05) is 0 Å². The molecule has 156 valence electrons. The molecule has 0 radical (unpaired) electrons. The molecule has 1 heterocycles. The van der Waals surface area contributed by atoms with Gasteiger partial charge in [0.25, 0.3) is 5.91 Å². The first-order chi connectivity index (χ1) is 13.6. The molecule has 4 N–H and O–H groups in total. The van der Waals surface area contributed by atoms with Crippen LogP contribution in [0.5, 0.6) is 0 Å². The van der Waals surface area contributed by atoms with Crippen molar-refractivity contribution in [3.8, 4) is 0 Å². The van der Waals surface area contributed by atoms with Crippen LogP contribution in [0.1, 0.15) is 23.2 Å². The molecule has 1 amide bonds. The number of sulfonamides is 1. The van der Waals surface area contributed by atoms with Crippen molar-refractivity contribution < 1.29 is 31.5 Å². The molecule has 0 saturated carbocycles. The van der Waals surface area contributed by atoms with Crippen LogP contribution < -0.4 is 11.1 Å². The van der Waals surface area contributed by atoms with Crippen molar-refractivity contribution in [2.24, 2.45) is 0 Å².